The Bertz CT molecular complexity index is 82.4. The second-order valence-corrected chi connectivity index (χ2v) is 2.61. The van der Waals surface area contributed by atoms with Gasteiger partial charge in [-0.1, -0.05) is 12.2 Å². The molecule has 0 nitrogen and oxygen atoms in total. The molecule has 1 heteroatoms. The van der Waals surface area contributed by atoms with Crippen LogP contribution in [-0.2, 0) is 0 Å². The molecule has 1 aliphatic rings. The molecule has 46 valence electrons. The van der Waals surface area contributed by atoms with E-state index in [1.807, 2.05) is 6.08 Å². The smallest absolute Gasteiger partial charge is 0.0404 e. The maximum atomic E-state index is 5.42. The molecular weight excluding hydrogens is 120 g/mol. The van der Waals surface area contributed by atoms with Crippen molar-refractivity contribution in [1.29, 1.82) is 0 Å². The Hall–Kier alpha value is 0.0300. The fourth-order valence-electron chi connectivity index (χ4n) is 0.705. The van der Waals surface area contributed by atoms with Crippen LogP contribution in [0.15, 0.2) is 12.2 Å². The van der Waals surface area contributed by atoms with Crippen LogP contribution in [0, 0.1) is 5.92 Å². The minimum absolute atomic E-state index is 0.673. The zero-order valence-electron chi connectivity index (χ0n) is 4.94. The molecule has 8 heavy (non-hydrogen) atoms. The highest BCUT2D eigenvalue weighted by molar-refractivity contribution is 6.18. The van der Waals surface area contributed by atoms with Crippen molar-refractivity contribution in [3.8, 4) is 0 Å². The van der Waals surface area contributed by atoms with Gasteiger partial charge in [-0.2, -0.15) is 0 Å². The number of rotatable bonds is 3. The SMILES string of the molecule is ClCC=CCC1CC1. The molecule has 1 aliphatic carbocycles. The molecule has 1 saturated carbocycles. The van der Waals surface area contributed by atoms with Crippen LogP contribution in [0.2, 0.25) is 0 Å². The van der Waals surface area contributed by atoms with Gasteiger partial charge in [0.2, 0.25) is 0 Å². The minimum atomic E-state index is 0.673. The molecule has 0 N–H and O–H groups in total. The summed E-state index contributed by atoms with van der Waals surface area (Å²) in [7, 11) is 0. The van der Waals surface area contributed by atoms with Crippen LogP contribution >= 0.6 is 11.6 Å². The number of halogens is 1. The Morgan fingerprint density at radius 1 is 1.38 bits per heavy atom. The van der Waals surface area contributed by atoms with E-state index in [1.165, 1.54) is 19.3 Å². The molecule has 0 aromatic heterocycles. The van der Waals surface area contributed by atoms with Gasteiger partial charge in [-0.05, 0) is 25.2 Å². The summed E-state index contributed by atoms with van der Waals surface area (Å²) in [6.07, 6.45) is 8.34. The molecule has 0 saturated heterocycles. The number of hydrogen-bond acceptors (Lipinski definition) is 0. The third-order valence-corrected chi connectivity index (χ3v) is 1.60. The van der Waals surface area contributed by atoms with Crippen molar-refractivity contribution < 1.29 is 0 Å². The average molecular weight is 131 g/mol. The Kier molecular flexibility index (Phi) is 2.41. The van der Waals surface area contributed by atoms with Crippen LogP contribution in [0.5, 0.6) is 0 Å². The Labute approximate surface area is 55.5 Å². The molecule has 0 heterocycles. The minimum Gasteiger partial charge on any atom is -0.122 e. The van der Waals surface area contributed by atoms with Crippen molar-refractivity contribution in [3.63, 3.8) is 0 Å². The molecular formula is C7H11Cl. The first-order chi connectivity index (χ1) is 3.93. The first-order valence-electron chi connectivity index (χ1n) is 3.14. The summed E-state index contributed by atoms with van der Waals surface area (Å²) in [4.78, 5) is 0. The predicted molar refractivity (Wildman–Crippen MR) is 37.2 cm³/mol. The van der Waals surface area contributed by atoms with E-state index in [1.54, 1.807) is 0 Å². The molecule has 1 rings (SSSR count). The topological polar surface area (TPSA) is 0 Å². The number of hydrogen-bond donors (Lipinski definition) is 0. The van der Waals surface area contributed by atoms with Gasteiger partial charge in [0.15, 0.2) is 0 Å². The highest BCUT2D eigenvalue weighted by atomic mass is 35.5. The maximum Gasteiger partial charge on any atom is 0.0404 e. The van der Waals surface area contributed by atoms with Crippen LogP contribution in [-0.4, -0.2) is 5.88 Å². The van der Waals surface area contributed by atoms with Crippen molar-refractivity contribution in [2.24, 2.45) is 5.92 Å². The van der Waals surface area contributed by atoms with Gasteiger partial charge in [-0.3, -0.25) is 0 Å². The molecule has 0 bridgehead atoms. The summed E-state index contributed by atoms with van der Waals surface area (Å²) in [6, 6.07) is 0. The lowest BCUT2D eigenvalue weighted by Gasteiger charge is -1.81. The highest BCUT2D eigenvalue weighted by Gasteiger charge is 2.18. The Morgan fingerprint density at radius 2 is 2.12 bits per heavy atom. The fourth-order valence-corrected chi connectivity index (χ4v) is 0.831. The van der Waals surface area contributed by atoms with Gasteiger partial charge in [0.05, 0.1) is 0 Å². The van der Waals surface area contributed by atoms with E-state index < -0.39 is 0 Å². The van der Waals surface area contributed by atoms with Gasteiger partial charge < -0.3 is 0 Å². The van der Waals surface area contributed by atoms with Crippen LogP contribution in [0.3, 0.4) is 0 Å². The third kappa shape index (κ3) is 2.37. The molecule has 0 aliphatic heterocycles. The highest BCUT2D eigenvalue weighted by Crippen LogP contribution is 2.32. The quantitative estimate of drug-likeness (QED) is 0.407. The average Bonchev–Trinajstić information content (AvgIpc) is 2.51. The van der Waals surface area contributed by atoms with Crippen LogP contribution in [0.25, 0.3) is 0 Å². The Balaban J connectivity index is 1.93. The van der Waals surface area contributed by atoms with Gasteiger partial charge in [0, 0.05) is 5.88 Å². The van der Waals surface area contributed by atoms with Crippen LogP contribution in [0.4, 0.5) is 0 Å². The standard InChI is InChI=1S/C7H11Cl/c8-6-2-1-3-7-4-5-7/h1-2,7H,3-6H2. The second-order valence-electron chi connectivity index (χ2n) is 2.30. The normalized spacial score (nSPS) is 20.1. The van der Waals surface area contributed by atoms with Gasteiger partial charge in [0.1, 0.15) is 0 Å². The molecule has 0 aromatic rings. The van der Waals surface area contributed by atoms with Gasteiger partial charge >= 0.3 is 0 Å². The van der Waals surface area contributed by atoms with Crippen molar-refractivity contribution in [1.82, 2.24) is 0 Å². The molecule has 0 atom stereocenters. The van der Waals surface area contributed by atoms with Gasteiger partial charge in [-0.15, -0.1) is 11.6 Å². The summed E-state index contributed by atoms with van der Waals surface area (Å²) in [6.45, 7) is 0. The first-order valence-corrected chi connectivity index (χ1v) is 3.68. The molecule has 1 fully saturated rings. The van der Waals surface area contributed by atoms with Crippen molar-refractivity contribution in [2.75, 3.05) is 5.88 Å². The molecule has 0 aromatic carbocycles. The Morgan fingerprint density at radius 3 is 2.62 bits per heavy atom. The lowest BCUT2D eigenvalue weighted by atomic mass is 10.3. The van der Waals surface area contributed by atoms with E-state index in [2.05, 4.69) is 6.08 Å². The lowest BCUT2D eigenvalue weighted by molar-refractivity contribution is 0.862. The predicted octanol–water partition coefficient (Wildman–Crippen LogP) is 2.58. The van der Waals surface area contributed by atoms with Gasteiger partial charge in [-0.25, -0.2) is 0 Å². The summed E-state index contributed by atoms with van der Waals surface area (Å²) in [5, 5.41) is 0. The van der Waals surface area contributed by atoms with Crippen LogP contribution < -0.4 is 0 Å². The number of alkyl halides is 1. The summed E-state index contributed by atoms with van der Waals surface area (Å²) in [5.74, 6) is 1.68. The zero-order valence-corrected chi connectivity index (χ0v) is 5.69. The summed E-state index contributed by atoms with van der Waals surface area (Å²) in [5.41, 5.74) is 0. The number of allylic oxidation sites excluding steroid dienone is 2. The molecule has 0 radical (unpaired) electrons. The largest absolute Gasteiger partial charge is 0.122 e. The third-order valence-electron chi connectivity index (χ3n) is 1.42. The van der Waals surface area contributed by atoms with E-state index in [4.69, 9.17) is 11.6 Å². The van der Waals surface area contributed by atoms with Gasteiger partial charge in [0.25, 0.3) is 0 Å². The van der Waals surface area contributed by atoms with Crippen LogP contribution in [0.1, 0.15) is 19.3 Å². The summed E-state index contributed by atoms with van der Waals surface area (Å²) >= 11 is 5.42. The maximum absolute atomic E-state index is 5.42. The van der Waals surface area contributed by atoms with Crippen molar-refractivity contribution >= 4 is 11.6 Å². The van der Waals surface area contributed by atoms with E-state index >= 15 is 0 Å². The molecule has 0 unspecified atom stereocenters. The first kappa shape index (κ1) is 6.15. The molecule has 0 spiro atoms. The molecule has 0 amide bonds. The monoisotopic (exact) mass is 130 g/mol. The van der Waals surface area contributed by atoms with E-state index in [9.17, 15) is 0 Å². The van der Waals surface area contributed by atoms with Crippen molar-refractivity contribution in [3.05, 3.63) is 12.2 Å². The zero-order chi connectivity index (χ0) is 5.82. The van der Waals surface area contributed by atoms with E-state index in [-0.39, 0.29) is 0 Å². The van der Waals surface area contributed by atoms with E-state index in [0.29, 0.717) is 5.88 Å². The lowest BCUT2D eigenvalue weighted by Crippen LogP contribution is -1.68. The van der Waals surface area contributed by atoms with E-state index in [0.717, 1.165) is 5.92 Å². The fraction of sp³-hybridized carbons (Fsp3) is 0.714. The van der Waals surface area contributed by atoms with Crippen molar-refractivity contribution in [2.45, 2.75) is 19.3 Å². The second kappa shape index (κ2) is 3.13. The summed E-state index contributed by atoms with van der Waals surface area (Å²) < 4.78 is 0.